The lowest BCUT2D eigenvalue weighted by molar-refractivity contribution is -0.151. The van der Waals surface area contributed by atoms with Crippen molar-refractivity contribution in [2.45, 2.75) is 19.3 Å². The molecule has 0 saturated carbocycles. The van der Waals surface area contributed by atoms with E-state index in [1.807, 2.05) is 0 Å². The molecule has 1 unspecified atom stereocenters. The Labute approximate surface area is 111 Å². The van der Waals surface area contributed by atoms with E-state index in [9.17, 15) is 14.3 Å². The summed E-state index contributed by atoms with van der Waals surface area (Å²) in [6.45, 7) is 1.67. The molecule has 2 N–H and O–H groups in total. The summed E-state index contributed by atoms with van der Waals surface area (Å²) >= 11 is 0. The van der Waals surface area contributed by atoms with Gasteiger partial charge in [0.2, 0.25) is 0 Å². The Balaban J connectivity index is 1.89. The average Bonchev–Trinajstić information content (AvgIpc) is 2.42. The smallest absolute Gasteiger partial charge is 0.311 e. The molecule has 104 valence electrons. The number of carboxylic acids is 1. The van der Waals surface area contributed by atoms with E-state index in [-0.39, 0.29) is 5.82 Å². The minimum absolute atomic E-state index is 0.314. The molecule has 0 amide bonds. The van der Waals surface area contributed by atoms with Crippen LogP contribution in [0, 0.1) is 11.2 Å². The summed E-state index contributed by atoms with van der Waals surface area (Å²) in [6, 6.07) is 5.73. The molecule has 1 aliphatic heterocycles. The summed E-state index contributed by atoms with van der Waals surface area (Å²) in [6.07, 6.45) is 1.98. The topological polar surface area (TPSA) is 58.6 Å². The SMILES string of the molecule is O=C(O)C1(CCOc2ccc(F)cc2)CCCNC1. The lowest BCUT2D eigenvalue weighted by atomic mass is 9.78. The van der Waals surface area contributed by atoms with Gasteiger partial charge in [-0.05, 0) is 50.1 Å². The highest BCUT2D eigenvalue weighted by Gasteiger charge is 2.39. The van der Waals surface area contributed by atoms with Gasteiger partial charge in [-0.25, -0.2) is 4.39 Å². The Morgan fingerprint density at radius 1 is 1.42 bits per heavy atom. The van der Waals surface area contributed by atoms with Gasteiger partial charge < -0.3 is 15.2 Å². The molecule has 2 rings (SSSR count). The summed E-state index contributed by atoms with van der Waals surface area (Å²) in [4.78, 5) is 11.4. The number of piperidine rings is 1. The number of hydrogen-bond donors (Lipinski definition) is 2. The van der Waals surface area contributed by atoms with E-state index in [1.165, 1.54) is 12.1 Å². The van der Waals surface area contributed by atoms with Crippen LogP contribution in [0.5, 0.6) is 5.75 Å². The van der Waals surface area contributed by atoms with Crippen molar-refractivity contribution < 1.29 is 19.0 Å². The molecule has 5 heteroatoms. The molecule has 1 fully saturated rings. The molecule has 1 aromatic carbocycles. The van der Waals surface area contributed by atoms with Crippen LogP contribution in [0.3, 0.4) is 0 Å². The Kier molecular flexibility index (Phi) is 4.37. The first kappa shape index (κ1) is 13.8. The molecule has 1 atom stereocenters. The largest absolute Gasteiger partial charge is 0.494 e. The predicted octanol–water partition coefficient (Wildman–Crippen LogP) is 2.05. The quantitative estimate of drug-likeness (QED) is 0.857. The van der Waals surface area contributed by atoms with Crippen molar-refractivity contribution in [3.05, 3.63) is 30.1 Å². The van der Waals surface area contributed by atoms with Gasteiger partial charge in [0.1, 0.15) is 11.6 Å². The molecular weight excluding hydrogens is 249 g/mol. The summed E-state index contributed by atoms with van der Waals surface area (Å²) in [5.74, 6) is -0.529. The van der Waals surface area contributed by atoms with Crippen molar-refractivity contribution in [1.82, 2.24) is 5.32 Å². The van der Waals surface area contributed by atoms with Gasteiger partial charge in [-0.2, -0.15) is 0 Å². The van der Waals surface area contributed by atoms with Gasteiger partial charge in [-0.15, -0.1) is 0 Å². The van der Waals surface area contributed by atoms with Crippen LogP contribution in [-0.4, -0.2) is 30.8 Å². The fraction of sp³-hybridized carbons (Fsp3) is 0.500. The van der Waals surface area contributed by atoms with Crippen molar-refractivity contribution in [1.29, 1.82) is 0 Å². The number of nitrogens with one attached hydrogen (secondary N) is 1. The lowest BCUT2D eigenvalue weighted by Gasteiger charge is -2.33. The molecule has 0 aromatic heterocycles. The molecular formula is C14H18FNO3. The van der Waals surface area contributed by atoms with Crippen LogP contribution in [0.2, 0.25) is 0 Å². The number of benzene rings is 1. The van der Waals surface area contributed by atoms with E-state index in [2.05, 4.69) is 5.32 Å². The van der Waals surface area contributed by atoms with Crippen molar-refractivity contribution in [3.63, 3.8) is 0 Å². The average molecular weight is 267 g/mol. The van der Waals surface area contributed by atoms with Crippen LogP contribution < -0.4 is 10.1 Å². The van der Waals surface area contributed by atoms with Crippen LogP contribution in [0.25, 0.3) is 0 Å². The van der Waals surface area contributed by atoms with Gasteiger partial charge in [0.05, 0.1) is 12.0 Å². The number of carboxylic acid groups (broad SMARTS) is 1. The van der Waals surface area contributed by atoms with Gasteiger partial charge in [-0.3, -0.25) is 4.79 Å². The zero-order chi connectivity index (χ0) is 13.7. The van der Waals surface area contributed by atoms with Crippen molar-refractivity contribution in [2.75, 3.05) is 19.7 Å². The van der Waals surface area contributed by atoms with E-state index in [0.29, 0.717) is 31.7 Å². The Morgan fingerprint density at radius 2 is 2.16 bits per heavy atom. The third-order valence-corrected chi connectivity index (χ3v) is 3.59. The molecule has 1 aromatic rings. The minimum Gasteiger partial charge on any atom is -0.494 e. The van der Waals surface area contributed by atoms with E-state index < -0.39 is 11.4 Å². The lowest BCUT2D eigenvalue weighted by Crippen LogP contribution is -2.46. The fourth-order valence-electron chi connectivity index (χ4n) is 2.37. The molecule has 1 heterocycles. The Hall–Kier alpha value is -1.62. The second kappa shape index (κ2) is 6.02. The molecule has 4 nitrogen and oxygen atoms in total. The predicted molar refractivity (Wildman–Crippen MR) is 68.7 cm³/mol. The van der Waals surface area contributed by atoms with Crippen molar-refractivity contribution in [3.8, 4) is 5.75 Å². The molecule has 19 heavy (non-hydrogen) atoms. The molecule has 0 radical (unpaired) electrons. The number of ether oxygens (including phenoxy) is 1. The summed E-state index contributed by atoms with van der Waals surface area (Å²) < 4.78 is 18.2. The Bertz CT molecular complexity index is 427. The summed E-state index contributed by atoms with van der Waals surface area (Å²) in [5, 5.41) is 12.5. The first-order chi connectivity index (χ1) is 9.12. The van der Waals surface area contributed by atoms with Gasteiger partial charge in [-0.1, -0.05) is 0 Å². The number of aliphatic carboxylic acids is 1. The fourth-order valence-corrected chi connectivity index (χ4v) is 2.37. The van der Waals surface area contributed by atoms with Gasteiger partial charge >= 0.3 is 5.97 Å². The minimum atomic E-state index is -0.776. The second-order valence-electron chi connectivity index (χ2n) is 4.92. The maximum Gasteiger partial charge on any atom is 0.311 e. The molecule has 1 aliphatic rings. The van der Waals surface area contributed by atoms with E-state index in [4.69, 9.17) is 4.74 Å². The van der Waals surface area contributed by atoms with E-state index in [0.717, 1.165) is 13.0 Å². The maximum atomic E-state index is 12.7. The van der Waals surface area contributed by atoms with Crippen LogP contribution in [0.1, 0.15) is 19.3 Å². The maximum absolute atomic E-state index is 12.7. The zero-order valence-electron chi connectivity index (χ0n) is 10.7. The van der Waals surface area contributed by atoms with Crippen LogP contribution >= 0.6 is 0 Å². The van der Waals surface area contributed by atoms with Crippen molar-refractivity contribution in [2.24, 2.45) is 5.41 Å². The first-order valence-electron chi connectivity index (χ1n) is 6.45. The van der Waals surface area contributed by atoms with E-state index in [1.54, 1.807) is 12.1 Å². The molecule has 0 spiro atoms. The second-order valence-corrected chi connectivity index (χ2v) is 4.92. The highest BCUT2D eigenvalue weighted by molar-refractivity contribution is 5.75. The van der Waals surface area contributed by atoms with E-state index >= 15 is 0 Å². The standard InChI is InChI=1S/C14H18FNO3/c15-11-2-4-12(5-3-11)19-9-7-14(13(17)18)6-1-8-16-10-14/h2-5,16H,1,6-10H2,(H,17,18). The number of carbonyl (C=O) groups is 1. The third-order valence-electron chi connectivity index (χ3n) is 3.59. The van der Waals surface area contributed by atoms with Gasteiger partial charge in [0.25, 0.3) is 0 Å². The van der Waals surface area contributed by atoms with Gasteiger partial charge in [0, 0.05) is 6.54 Å². The molecule has 1 saturated heterocycles. The summed E-state index contributed by atoms with van der Waals surface area (Å²) in [5.41, 5.74) is -0.738. The normalized spacial score (nSPS) is 23.0. The third kappa shape index (κ3) is 3.44. The summed E-state index contributed by atoms with van der Waals surface area (Å²) in [7, 11) is 0. The highest BCUT2D eigenvalue weighted by Crippen LogP contribution is 2.30. The van der Waals surface area contributed by atoms with Crippen LogP contribution in [-0.2, 0) is 4.79 Å². The highest BCUT2D eigenvalue weighted by atomic mass is 19.1. The molecule has 0 aliphatic carbocycles. The Morgan fingerprint density at radius 3 is 2.74 bits per heavy atom. The number of halogens is 1. The monoisotopic (exact) mass is 267 g/mol. The molecule has 0 bridgehead atoms. The van der Waals surface area contributed by atoms with Gasteiger partial charge in [0.15, 0.2) is 0 Å². The number of rotatable bonds is 5. The van der Waals surface area contributed by atoms with Crippen molar-refractivity contribution >= 4 is 5.97 Å². The first-order valence-corrected chi connectivity index (χ1v) is 6.45. The van der Waals surface area contributed by atoms with Crippen LogP contribution in [0.15, 0.2) is 24.3 Å². The van der Waals surface area contributed by atoms with Crippen LogP contribution in [0.4, 0.5) is 4.39 Å². The number of hydrogen-bond acceptors (Lipinski definition) is 3. The zero-order valence-corrected chi connectivity index (χ0v) is 10.7.